The summed E-state index contributed by atoms with van der Waals surface area (Å²) in [6.45, 7) is 6.67. The van der Waals surface area contributed by atoms with Crippen molar-refractivity contribution in [1.82, 2.24) is 14.5 Å². The molecule has 0 aliphatic carbocycles. The van der Waals surface area contributed by atoms with Gasteiger partial charge in [0.15, 0.2) is 0 Å². The smallest absolute Gasteiger partial charge is 0.273 e. The number of nitrogen functional groups attached to an aromatic ring is 1. The molecule has 3 rings (SSSR count). The van der Waals surface area contributed by atoms with Gasteiger partial charge in [0.1, 0.15) is 15.0 Å². The third kappa shape index (κ3) is 2.26. The second kappa shape index (κ2) is 5.66. The molecule has 116 valence electrons. The molecule has 0 saturated heterocycles. The molecule has 0 atom stereocenters. The number of nitrogens with two attached hydrogens (primary N) is 1. The van der Waals surface area contributed by atoms with E-state index in [0.29, 0.717) is 22.7 Å². The van der Waals surface area contributed by atoms with Crippen molar-refractivity contribution in [3.8, 4) is 0 Å². The molecular formula is C15H19N5OS. The zero-order valence-corrected chi connectivity index (χ0v) is 13.8. The number of hydrazine groups is 1. The summed E-state index contributed by atoms with van der Waals surface area (Å²) in [5.74, 6) is 5.98. The van der Waals surface area contributed by atoms with Gasteiger partial charge in [-0.25, -0.2) is 15.8 Å². The minimum absolute atomic E-state index is 0.0496. The fourth-order valence-corrected chi connectivity index (χ4v) is 3.88. The third-order valence-electron chi connectivity index (χ3n) is 3.74. The Balaban J connectivity index is 2.38. The highest BCUT2D eigenvalue weighted by molar-refractivity contribution is 7.25. The molecule has 3 heterocycles. The quantitative estimate of drug-likeness (QED) is 0.571. The van der Waals surface area contributed by atoms with Gasteiger partial charge in [-0.05, 0) is 31.9 Å². The first-order valence-electron chi connectivity index (χ1n) is 7.34. The fourth-order valence-electron chi connectivity index (χ4n) is 2.69. The van der Waals surface area contributed by atoms with Crippen LogP contribution in [0.5, 0.6) is 0 Å². The van der Waals surface area contributed by atoms with E-state index >= 15 is 0 Å². The topological polar surface area (TPSA) is 85.8 Å². The second-order valence-corrected chi connectivity index (χ2v) is 6.43. The largest absolute Gasteiger partial charge is 0.294 e. The molecule has 0 aliphatic rings. The number of anilines is 1. The highest BCUT2D eigenvalue weighted by Crippen LogP contribution is 2.32. The average Bonchev–Trinajstić information content (AvgIpc) is 2.84. The van der Waals surface area contributed by atoms with Crippen LogP contribution >= 0.6 is 11.3 Å². The van der Waals surface area contributed by atoms with E-state index in [2.05, 4.69) is 22.3 Å². The molecule has 3 aromatic heterocycles. The Morgan fingerprint density at radius 3 is 2.82 bits per heavy atom. The van der Waals surface area contributed by atoms with Crippen LogP contribution in [0.2, 0.25) is 0 Å². The summed E-state index contributed by atoms with van der Waals surface area (Å²) in [6, 6.07) is 2.01. The Bertz CT molecular complexity index is 912. The molecule has 22 heavy (non-hydrogen) atoms. The van der Waals surface area contributed by atoms with Crippen LogP contribution < -0.4 is 16.8 Å². The number of unbranched alkanes of at least 4 members (excludes halogenated alkanes) is 1. The lowest BCUT2D eigenvalue weighted by Crippen LogP contribution is -2.26. The van der Waals surface area contributed by atoms with Crippen molar-refractivity contribution in [1.29, 1.82) is 0 Å². The van der Waals surface area contributed by atoms with Crippen LogP contribution in [0.3, 0.4) is 0 Å². The molecule has 0 radical (unpaired) electrons. The van der Waals surface area contributed by atoms with E-state index in [1.54, 1.807) is 4.57 Å². The van der Waals surface area contributed by atoms with Crippen molar-refractivity contribution in [3.63, 3.8) is 0 Å². The Morgan fingerprint density at radius 1 is 1.36 bits per heavy atom. The van der Waals surface area contributed by atoms with E-state index in [1.807, 2.05) is 19.9 Å². The number of hydrogen-bond donors (Lipinski definition) is 2. The van der Waals surface area contributed by atoms with E-state index in [0.717, 1.165) is 34.3 Å². The van der Waals surface area contributed by atoms with Crippen molar-refractivity contribution in [3.05, 3.63) is 27.7 Å². The summed E-state index contributed by atoms with van der Waals surface area (Å²) in [4.78, 5) is 22.8. The van der Waals surface area contributed by atoms with Crippen molar-refractivity contribution >= 4 is 37.7 Å². The summed E-state index contributed by atoms with van der Waals surface area (Å²) >= 11 is 1.41. The van der Waals surface area contributed by atoms with E-state index in [9.17, 15) is 4.79 Å². The van der Waals surface area contributed by atoms with Gasteiger partial charge >= 0.3 is 0 Å². The maximum absolute atomic E-state index is 12.8. The van der Waals surface area contributed by atoms with Gasteiger partial charge in [0, 0.05) is 17.6 Å². The highest BCUT2D eigenvalue weighted by atomic mass is 32.1. The number of aryl methyl sites for hydroxylation is 2. The SMILES string of the molecule is CCCCn1c(NN)nc2c(sc3nc(C)cc(C)c32)c1=O. The Morgan fingerprint density at radius 2 is 2.14 bits per heavy atom. The van der Waals surface area contributed by atoms with Crippen LogP contribution in [0.4, 0.5) is 5.95 Å². The molecular weight excluding hydrogens is 298 g/mol. The first-order chi connectivity index (χ1) is 10.6. The van der Waals surface area contributed by atoms with Crippen molar-refractivity contribution in [2.45, 2.75) is 40.2 Å². The fraction of sp³-hybridized carbons (Fsp3) is 0.400. The number of rotatable bonds is 4. The molecule has 0 bridgehead atoms. The van der Waals surface area contributed by atoms with Gasteiger partial charge in [0.05, 0.1) is 0 Å². The number of nitrogens with zero attached hydrogens (tertiary/aromatic N) is 3. The zero-order valence-electron chi connectivity index (χ0n) is 12.9. The molecule has 0 saturated carbocycles. The number of thiophene rings is 1. The number of pyridine rings is 1. The van der Waals surface area contributed by atoms with Gasteiger partial charge in [-0.1, -0.05) is 13.3 Å². The Labute approximate surface area is 132 Å². The standard InChI is InChI=1S/C15H19N5OS/c1-4-5-6-20-14(21)12-11(18-15(20)19-16)10-8(2)7-9(3)17-13(10)22-12/h7H,4-6,16H2,1-3H3,(H,18,19). The first-order valence-corrected chi connectivity index (χ1v) is 8.16. The van der Waals surface area contributed by atoms with Crippen LogP contribution in [-0.4, -0.2) is 14.5 Å². The van der Waals surface area contributed by atoms with Crippen LogP contribution in [0.1, 0.15) is 31.0 Å². The number of hydrogen-bond acceptors (Lipinski definition) is 6. The summed E-state index contributed by atoms with van der Waals surface area (Å²) in [7, 11) is 0. The van der Waals surface area contributed by atoms with Gasteiger partial charge in [-0.2, -0.15) is 0 Å². The average molecular weight is 317 g/mol. The number of fused-ring (bicyclic) bond motifs is 3. The van der Waals surface area contributed by atoms with Crippen molar-refractivity contribution in [2.24, 2.45) is 5.84 Å². The molecule has 0 aromatic carbocycles. The molecule has 7 heteroatoms. The predicted octanol–water partition coefficient (Wildman–Crippen LogP) is 2.71. The zero-order chi connectivity index (χ0) is 15.9. The molecule has 3 N–H and O–H groups in total. The van der Waals surface area contributed by atoms with Crippen LogP contribution in [0.25, 0.3) is 20.4 Å². The lowest BCUT2D eigenvalue weighted by molar-refractivity contribution is 0.614. The normalized spacial score (nSPS) is 11.5. The van der Waals surface area contributed by atoms with E-state index in [-0.39, 0.29) is 5.56 Å². The first kappa shape index (κ1) is 14.9. The molecule has 0 aliphatic heterocycles. The molecule has 6 nitrogen and oxygen atoms in total. The van der Waals surface area contributed by atoms with E-state index < -0.39 is 0 Å². The van der Waals surface area contributed by atoms with Crippen molar-refractivity contribution in [2.75, 3.05) is 5.43 Å². The predicted molar refractivity (Wildman–Crippen MR) is 91.4 cm³/mol. The van der Waals surface area contributed by atoms with Crippen molar-refractivity contribution < 1.29 is 0 Å². The molecule has 3 aromatic rings. The number of nitrogens with one attached hydrogen (secondary N) is 1. The lowest BCUT2D eigenvalue weighted by atomic mass is 10.1. The van der Waals surface area contributed by atoms with Crippen LogP contribution in [-0.2, 0) is 6.54 Å². The molecule has 0 amide bonds. The molecule has 0 unspecified atom stereocenters. The number of aromatic nitrogens is 3. The summed E-state index contributed by atoms with van der Waals surface area (Å²) < 4.78 is 2.26. The van der Waals surface area contributed by atoms with Crippen LogP contribution in [0.15, 0.2) is 10.9 Å². The third-order valence-corrected chi connectivity index (χ3v) is 4.80. The van der Waals surface area contributed by atoms with E-state index in [1.165, 1.54) is 11.3 Å². The van der Waals surface area contributed by atoms with Gasteiger partial charge in [-0.15, -0.1) is 11.3 Å². The van der Waals surface area contributed by atoms with Gasteiger partial charge in [0.2, 0.25) is 5.95 Å². The van der Waals surface area contributed by atoms with Gasteiger partial charge in [-0.3, -0.25) is 14.8 Å². The minimum atomic E-state index is -0.0496. The molecule has 0 spiro atoms. The Kier molecular flexibility index (Phi) is 3.84. The molecule has 0 fully saturated rings. The lowest BCUT2D eigenvalue weighted by Gasteiger charge is -2.10. The Hall–Kier alpha value is -1.99. The summed E-state index contributed by atoms with van der Waals surface area (Å²) in [5.41, 5.74) is 5.22. The van der Waals surface area contributed by atoms with Crippen LogP contribution in [0, 0.1) is 13.8 Å². The monoisotopic (exact) mass is 317 g/mol. The maximum atomic E-state index is 12.8. The second-order valence-electron chi connectivity index (χ2n) is 5.43. The van der Waals surface area contributed by atoms with Gasteiger partial charge < -0.3 is 0 Å². The van der Waals surface area contributed by atoms with Gasteiger partial charge in [0.25, 0.3) is 5.56 Å². The summed E-state index contributed by atoms with van der Waals surface area (Å²) in [6.07, 6.45) is 1.91. The minimum Gasteiger partial charge on any atom is -0.294 e. The summed E-state index contributed by atoms with van der Waals surface area (Å²) in [5, 5.41) is 0.946. The highest BCUT2D eigenvalue weighted by Gasteiger charge is 2.17. The maximum Gasteiger partial charge on any atom is 0.273 e. The van der Waals surface area contributed by atoms with E-state index in [4.69, 9.17) is 5.84 Å².